The lowest BCUT2D eigenvalue weighted by molar-refractivity contribution is -0.119. The van der Waals surface area contributed by atoms with Crippen molar-refractivity contribution >= 4 is 17.7 Å². The molecule has 0 saturated carbocycles. The maximum absolute atomic E-state index is 12.9. The molecule has 8 heteroatoms. The van der Waals surface area contributed by atoms with Gasteiger partial charge in [0, 0.05) is 33.0 Å². The van der Waals surface area contributed by atoms with Crippen LogP contribution in [0.25, 0.3) is 0 Å². The Morgan fingerprint density at radius 1 is 1.14 bits per heavy atom. The van der Waals surface area contributed by atoms with Crippen LogP contribution in [0.1, 0.15) is 35.8 Å². The first-order valence-electron chi connectivity index (χ1n) is 9.22. The van der Waals surface area contributed by atoms with Crippen molar-refractivity contribution in [1.82, 2.24) is 9.55 Å². The molecule has 0 N–H and O–H groups in total. The number of carbonyl (C=O) groups excluding carboxylic acids is 2. The highest BCUT2D eigenvalue weighted by Crippen LogP contribution is 2.21. The van der Waals surface area contributed by atoms with Gasteiger partial charge in [-0.1, -0.05) is 30.3 Å². The van der Waals surface area contributed by atoms with Crippen molar-refractivity contribution in [1.29, 1.82) is 0 Å². The number of carbonyl (C=O) groups is 2. The largest absolute Gasteiger partial charge is 0.481 e. The molecule has 28 heavy (non-hydrogen) atoms. The van der Waals surface area contributed by atoms with E-state index in [0.717, 1.165) is 5.56 Å². The molecule has 0 bridgehead atoms. The number of hydrogen-bond donors (Lipinski definition) is 0. The van der Waals surface area contributed by atoms with Gasteiger partial charge in [-0.2, -0.15) is 0 Å². The van der Waals surface area contributed by atoms with E-state index in [1.807, 2.05) is 35.2 Å². The minimum Gasteiger partial charge on any atom is -0.481 e. The van der Waals surface area contributed by atoms with E-state index >= 15 is 0 Å². The zero-order valence-corrected chi connectivity index (χ0v) is 16.0. The smallest absolute Gasteiger partial charge is 0.361 e. The van der Waals surface area contributed by atoms with Gasteiger partial charge in [-0.3, -0.25) is 14.2 Å². The van der Waals surface area contributed by atoms with Crippen molar-refractivity contribution < 1.29 is 19.1 Å². The Morgan fingerprint density at radius 2 is 1.82 bits per heavy atom. The summed E-state index contributed by atoms with van der Waals surface area (Å²) in [6.07, 6.45) is 0.772. The molecule has 1 aromatic carbocycles. The highest BCUT2D eigenvalue weighted by molar-refractivity contribution is 5.90. The Hall–Kier alpha value is -3.16. The van der Waals surface area contributed by atoms with E-state index in [9.17, 15) is 14.4 Å². The van der Waals surface area contributed by atoms with Crippen LogP contribution in [-0.4, -0.2) is 41.0 Å². The van der Waals surface area contributed by atoms with Crippen molar-refractivity contribution in [2.75, 3.05) is 24.6 Å². The molecular formula is C20H23N3O5. The maximum Gasteiger partial charge on any atom is 0.361 e. The second-order valence-corrected chi connectivity index (χ2v) is 6.47. The van der Waals surface area contributed by atoms with Crippen LogP contribution in [0.3, 0.4) is 0 Å². The maximum atomic E-state index is 12.9. The van der Waals surface area contributed by atoms with Crippen LogP contribution in [0.5, 0.6) is 5.75 Å². The molecule has 0 unspecified atom stereocenters. The van der Waals surface area contributed by atoms with E-state index < -0.39 is 11.5 Å². The minimum atomic E-state index is -0.711. The quantitative estimate of drug-likeness (QED) is 0.699. The van der Waals surface area contributed by atoms with Crippen LogP contribution in [0.15, 0.2) is 35.1 Å². The van der Waals surface area contributed by atoms with E-state index in [2.05, 4.69) is 4.98 Å². The molecule has 0 spiro atoms. The van der Waals surface area contributed by atoms with Crippen LogP contribution in [0.4, 0.5) is 5.95 Å². The summed E-state index contributed by atoms with van der Waals surface area (Å²) in [5.41, 5.74) is 0.242. The lowest BCUT2D eigenvalue weighted by atomic mass is 10.1. The molecule has 148 valence electrons. The van der Waals surface area contributed by atoms with Crippen LogP contribution in [-0.2, 0) is 23.2 Å². The van der Waals surface area contributed by atoms with Gasteiger partial charge in [-0.25, -0.2) is 9.78 Å². The fraction of sp³-hybridized carbons (Fsp3) is 0.400. The summed E-state index contributed by atoms with van der Waals surface area (Å²) in [4.78, 5) is 43.1. The van der Waals surface area contributed by atoms with Gasteiger partial charge in [0.15, 0.2) is 5.69 Å². The number of ketones is 1. The Labute approximate surface area is 162 Å². The number of aromatic nitrogens is 2. The number of ether oxygens (including phenoxy) is 2. The predicted molar refractivity (Wildman–Crippen MR) is 103 cm³/mol. The Morgan fingerprint density at radius 3 is 2.46 bits per heavy atom. The van der Waals surface area contributed by atoms with Crippen LogP contribution < -0.4 is 15.2 Å². The van der Waals surface area contributed by atoms with E-state index in [1.165, 1.54) is 4.57 Å². The van der Waals surface area contributed by atoms with Crippen molar-refractivity contribution in [3.8, 4) is 5.75 Å². The van der Waals surface area contributed by atoms with Crippen molar-refractivity contribution in [3.05, 3.63) is 51.9 Å². The molecule has 1 aliphatic heterocycles. The molecule has 1 aliphatic rings. The summed E-state index contributed by atoms with van der Waals surface area (Å²) in [5, 5.41) is 0. The Kier molecular flexibility index (Phi) is 6.08. The fourth-order valence-electron chi connectivity index (χ4n) is 3.01. The highest BCUT2D eigenvalue weighted by atomic mass is 16.5. The molecular weight excluding hydrogens is 362 g/mol. The molecule has 2 heterocycles. The molecule has 0 amide bonds. The summed E-state index contributed by atoms with van der Waals surface area (Å²) >= 11 is 0. The second-order valence-electron chi connectivity index (χ2n) is 6.47. The predicted octanol–water partition coefficient (Wildman–Crippen LogP) is 1.71. The molecule has 1 saturated heterocycles. The Balaban J connectivity index is 1.97. The number of hydrogen-bond acceptors (Lipinski definition) is 7. The molecule has 3 rings (SSSR count). The van der Waals surface area contributed by atoms with Gasteiger partial charge in [0.2, 0.25) is 11.7 Å². The van der Waals surface area contributed by atoms with Gasteiger partial charge >= 0.3 is 5.97 Å². The molecule has 2 aromatic rings. The van der Waals surface area contributed by atoms with E-state index in [1.54, 1.807) is 14.0 Å². The lowest BCUT2D eigenvalue weighted by Gasteiger charge is -2.28. The summed E-state index contributed by atoms with van der Waals surface area (Å²) in [5.74, 6) is -0.346. The first-order chi connectivity index (χ1) is 13.5. The first kappa shape index (κ1) is 19.6. The molecule has 0 atom stereocenters. The van der Waals surface area contributed by atoms with Gasteiger partial charge < -0.3 is 14.4 Å². The SMILES string of the molecule is CCOC(=O)c1nc(N2CCC(=O)CC2)n(C)c(=O)c1OCc1ccccc1. The van der Waals surface area contributed by atoms with Gasteiger partial charge in [0.25, 0.3) is 5.56 Å². The zero-order valence-electron chi connectivity index (χ0n) is 16.0. The lowest BCUT2D eigenvalue weighted by Crippen LogP contribution is -2.39. The number of esters is 1. The van der Waals surface area contributed by atoms with Crippen molar-refractivity contribution in [3.63, 3.8) is 0 Å². The Bertz CT molecular complexity index is 913. The fourth-order valence-corrected chi connectivity index (χ4v) is 3.01. The summed E-state index contributed by atoms with van der Waals surface area (Å²) in [6.45, 7) is 2.86. The van der Waals surface area contributed by atoms with Crippen LogP contribution in [0.2, 0.25) is 0 Å². The number of rotatable bonds is 6. The third-order valence-corrected chi connectivity index (χ3v) is 4.52. The van der Waals surface area contributed by atoms with Crippen LogP contribution >= 0.6 is 0 Å². The first-order valence-corrected chi connectivity index (χ1v) is 9.22. The molecule has 0 aliphatic carbocycles. The van der Waals surface area contributed by atoms with Gasteiger partial charge in [-0.05, 0) is 12.5 Å². The number of anilines is 1. The molecule has 1 aromatic heterocycles. The third-order valence-electron chi connectivity index (χ3n) is 4.52. The van der Waals surface area contributed by atoms with Gasteiger partial charge in [0.1, 0.15) is 12.4 Å². The van der Waals surface area contributed by atoms with Crippen LogP contribution in [0, 0.1) is 0 Å². The third kappa shape index (κ3) is 4.21. The normalized spacial score (nSPS) is 14.1. The number of benzene rings is 1. The van der Waals surface area contributed by atoms with Crippen molar-refractivity contribution in [2.45, 2.75) is 26.4 Å². The second kappa shape index (κ2) is 8.69. The molecule has 8 nitrogen and oxygen atoms in total. The monoisotopic (exact) mass is 385 g/mol. The van der Waals surface area contributed by atoms with Gasteiger partial charge in [0.05, 0.1) is 6.61 Å². The zero-order chi connectivity index (χ0) is 20.1. The summed E-state index contributed by atoms with van der Waals surface area (Å²) in [6, 6.07) is 9.33. The average Bonchev–Trinajstić information content (AvgIpc) is 2.71. The number of Topliss-reactive ketones (excluding diaryl/α,β-unsaturated/α-hetero) is 1. The average molecular weight is 385 g/mol. The summed E-state index contributed by atoms with van der Waals surface area (Å²) < 4.78 is 12.1. The summed E-state index contributed by atoms with van der Waals surface area (Å²) in [7, 11) is 1.57. The topological polar surface area (TPSA) is 90.7 Å². The molecule has 0 radical (unpaired) electrons. The van der Waals surface area contributed by atoms with E-state index in [0.29, 0.717) is 31.9 Å². The highest BCUT2D eigenvalue weighted by Gasteiger charge is 2.27. The minimum absolute atomic E-state index is 0.127. The number of nitrogens with zero attached hydrogens (tertiary/aromatic N) is 3. The standard InChI is InChI=1S/C20H23N3O5/c1-3-27-19(26)16-17(28-13-14-7-5-4-6-8-14)18(25)22(2)20(21-16)23-11-9-15(24)10-12-23/h4-8H,3,9-13H2,1-2H3. The molecule has 1 fully saturated rings. The van der Waals surface area contributed by atoms with Crippen molar-refractivity contribution in [2.24, 2.45) is 7.05 Å². The number of piperidine rings is 1. The van der Waals surface area contributed by atoms with Gasteiger partial charge in [-0.15, -0.1) is 0 Å². The van der Waals surface area contributed by atoms with E-state index in [4.69, 9.17) is 9.47 Å². The van der Waals surface area contributed by atoms with E-state index in [-0.39, 0.29) is 30.4 Å².